The van der Waals surface area contributed by atoms with E-state index in [2.05, 4.69) is 22.1 Å². The minimum absolute atomic E-state index is 0.0801. The Labute approximate surface area is 99.8 Å². The Morgan fingerprint density at radius 2 is 2.41 bits per heavy atom. The van der Waals surface area contributed by atoms with Gasteiger partial charge >= 0.3 is 0 Å². The fraction of sp³-hybridized carbons (Fsp3) is 0.545. The van der Waals surface area contributed by atoms with Gasteiger partial charge in [-0.2, -0.15) is 0 Å². The van der Waals surface area contributed by atoms with E-state index >= 15 is 0 Å². The van der Waals surface area contributed by atoms with Crippen molar-refractivity contribution in [2.45, 2.75) is 19.9 Å². The number of nitro groups is 1. The zero-order valence-electron chi connectivity index (χ0n) is 10.0. The summed E-state index contributed by atoms with van der Waals surface area (Å²) in [6.07, 6.45) is 1.35. The van der Waals surface area contributed by atoms with Crippen LogP contribution < -0.4 is 10.2 Å². The van der Waals surface area contributed by atoms with Crippen molar-refractivity contribution in [1.82, 2.24) is 10.3 Å². The maximum Gasteiger partial charge on any atom is 0.290 e. The van der Waals surface area contributed by atoms with Gasteiger partial charge in [-0.25, -0.2) is 4.98 Å². The molecule has 1 saturated heterocycles. The zero-order valence-corrected chi connectivity index (χ0v) is 10.0. The van der Waals surface area contributed by atoms with Crippen molar-refractivity contribution in [2.24, 2.45) is 0 Å². The standard InChI is InChI=1S/C11H16N4O2/c1-8-5-11(13-7-10(8)15(16)17)14-4-3-12-6-9(14)2/h5,7,9,12H,3-4,6H2,1-2H3. The second-order valence-electron chi connectivity index (χ2n) is 4.33. The summed E-state index contributed by atoms with van der Waals surface area (Å²) < 4.78 is 0. The number of pyridine rings is 1. The van der Waals surface area contributed by atoms with Crippen molar-refractivity contribution in [3.8, 4) is 0 Å². The number of piperazine rings is 1. The monoisotopic (exact) mass is 236 g/mol. The molecule has 0 aliphatic carbocycles. The van der Waals surface area contributed by atoms with Crippen molar-refractivity contribution in [1.29, 1.82) is 0 Å². The maximum absolute atomic E-state index is 10.7. The third-order valence-corrected chi connectivity index (χ3v) is 3.06. The number of aryl methyl sites for hydroxylation is 1. The van der Waals surface area contributed by atoms with E-state index in [9.17, 15) is 10.1 Å². The van der Waals surface area contributed by atoms with Gasteiger partial charge in [0.1, 0.15) is 12.0 Å². The van der Waals surface area contributed by atoms with Gasteiger partial charge in [0.05, 0.1) is 4.92 Å². The van der Waals surface area contributed by atoms with Gasteiger partial charge in [-0.3, -0.25) is 10.1 Å². The van der Waals surface area contributed by atoms with Crippen molar-refractivity contribution >= 4 is 11.5 Å². The van der Waals surface area contributed by atoms with Gasteiger partial charge < -0.3 is 10.2 Å². The lowest BCUT2D eigenvalue weighted by Crippen LogP contribution is -2.50. The first kappa shape index (κ1) is 11.8. The van der Waals surface area contributed by atoms with Crippen LogP contribution in [0.5, 0.6) is 0 Å². The summed E-state index contributed by atoms with van der Waals surface area (Å²) >= 11 is 0. The quantitative estimate of drug-likeness (QED) is 0.615. The highest BCUT2D eigenvalue weighted by atomic mass is 16.6. The first-order chi connectivity index (χ1) is 8.09. The smallest absolute Gasteiger partial charge is 0.290 e. The average Bonchev–Trinajstić information content (AvgIpc) is 2.29. The van der Waals surface area contributed by atoms with Crippen molar-refractivity contribution in [2.75, 3.05) is 24.5 Å². The molecule has 0 spiro atoms. The SMILES string of the molecule is Cc1cc(N2CCNCC2C)ncc1[N+](=O)[O-]. The predicted molar refractivity (Wildman–Crippen MR) is 65.3 cm³/mol. The molecular formula is C11H16N4O2. The van der Waals surface area contributed by atoms with Crippen LogP contribution in [0.2, 0.25) is 0 Å². The Bertz CT molecular complexity index is 435. The molecule has 1 aromatic heterocycles. The van der Waals surface area contributed by atoms with Gasteiger partial charge in [0, 0.05) is 31.2 Å². The average molecular weight is 236 g/mol. The van der Waals surface area contributed by atoms with Crippen molar-refractivity contribution in [3.63, 3.8) is 0 Å². The van der Waals surface area contributed by atoms with Crippen LogP contribution in [0.4, 0.5) is 11.5 Å². The van der Waals surface area contributed by atoms with Crippen LogP contribution >= 0.6 is 0 Å². The molecule has 1 aromatic rings. The number of hydrogen-bond donors (Lipinski definition) is 1. The third kappa shape index (κ3) is 2.36. The minimum Gasteiger partial charge on any atom is -0.351 e. The number of hydrogen-bond acceptors (Lipinski definition) is 5. The van der Waals surface area contributed by atoms with Gasteiger partial charge in [-0.1, -0.05) is 0 Å². The summed E-state index contributed by atoms with van der Waals surface area (Å²) in [6, 6.07) is 2.15. The highest BCUT2D eigenvalue weighted by Crippen LogP contribution is 2.22. The number of nitrogens with zero attached hydrogens (tertiary/aromatic N) is 3. The number of anilines is 1. The molecule has 6 heteroatoms. The van der Waals surface area contributed by atoms with Crippen LogP contribution in [-0.4, -0.2) is 35.6 Å². The minimum atomic E-state index is -0.396. The molecular weight excluding hydrogens is 220 g/mol. The highest BCUT2D eigenvalue weighted by Gasteiger charge is 2.21. The van der Waals surface area contributed by atoms with E-state index in [1.54, 1.807) is 13.0 Å². The Balaban J connectivity index is 2.27. The van der Waals surface area contributed by atoms with Gasteiger partial charge in [-0.05, 0) is 19.9 Å². The van der Waals surface area contributed by atoms with Crippen LogP contribution in [-0.2, 0) is 0 Å². The lowest BCUT2D eigenvalue weighted by Gasteiger charge is -2.34. The lowest BCUT2D eigenvalue weighted by atomic mass is 10.2. The predicted octanol–water partition coefficient (Wildman–Crippen LogP) is 1.10. The molecule has 1 N–H and O–H groups in total. The molecule has 0 radical (unpaired) electrons. The number of aromatic nitrogens is 1. The van der Waals surface area contributed by atoms with Crippen LogP contribution in [0.1, 0.15) is 12.5 Å². The van der Waals surface area contributed by atoms with E-state index in [4.69, 9.17) is 0 Å². The fourth-order valence-electron chi connectivity index (χ4n) is 2.06. The summed E-state index contributed by atoms with van der Waals surface area (Å²) in [6.45, 7) is 6.58. The summed E-state index contributed by atoms with van der Waals surface area (Å²) in [4.78, 5) is 16.7. The molecule has 1 atom stereocenters. The van der Waals surface area contributed by atoms with E-state index in [1.807, 2.05) is 0 Å². The molecule has 1 unspecified atom stereocenters. The van der Waals surface area contributed by atoms with Crippen molar-refractivity contribution in [3.05, 3.63) is 27.9 Å². The lowest BCUT2D eigenvalue weighted by molar-refractivity contribution is -0.385. The molecule has 1 fully saturated rings. The topological polar surface area (TPSA) is 71.3 Å². The molecule has 0 amide bonds. The van der Waals surface area contributed by atoms with Gasteiger partial charge in [0.15, 0.2) is 0 Å². The van der Waals surface area contributed by atoms with Crippen LogP contribution in [0.3, 0.4) is 0 Å². The van der Waals surface area contributed by atoms with Gasteiger partial charge in [0.25, 0.3) is 5.69 Å². The Hall–Kier alpha value is -1.69. The van der Waals surface area contributed by atoms with Crippen LogP contribution in [0, 0.1) is 17.0 Å². The largest absolute Gasteiger partial charge is 0.351 e. The molecule has 6 nitrogen and oxygen atoms in total. The second kappa shape index (κ2) is 4.67. The summed E-state index contributed by atoms with van der Waals surface area (Å²) in [5.41, 5.74) is 0.738. The molecule has 0 bridgehead atoms. The normalized spacial score (nSPS) is 20.4. The van der Waals surface area contributed by atoms with E-state index in [0.717, 1.165) is 25.5 Å². The van der Waals surface area contributed by atoms with Crippen LogP contribution in [0.25, 0.3) is 0 Å². The summed E-state index contributed by atoms with van der Waals surface area (Å²) in [5.74, 6) is 0.821. The van der Waals surface area contributed by atoms with Gasteiger partial charge in [0.2, 0.25) is 0 Å². The molecule has 92 valence electrons. The highest BCUT2D eigenvalue weighted by molar-refractivity contribution is 5.49. The third-order valence-electron chi connectivity index (χ3n) is 3.06. The molecule has 1 aliphatic heterocycles. The van der Waals surface area contributed by atoms with E-state index in [1.165, 1.54) is 6.20 Å². The molecule has 0 aromatic carbocycles. The maximum atomic E-state index is 10.7. The number of nitrogens with one attached hydrogen (secondary N) is 1. The van der Waals surface area contributed by atoms with Gasteiger partial charge in [-0.15, -0.1) is 0 Å². The van der Waals surface area contributed by atoms with E-state index in [-0.39, 0.29) is 5.69 Å². The molecule has 1 aliphatic rings. The summed E-state index contributed by atoms with van der Waals surface area (Å²) in [5, 5.41) is 14.0. The molecule has 17 heavy (non-hydrogen) atoms. The molecule has 0 saturated carbocycles. The molecule has 2 rings (SSSR count). The number of rotatable bonds is 2. The fourth-order valence-corrected chi connectivity index (χ4v) is 2.06. The Morgan fingerprint density at radius 3 is 3.00 bits per heavy atom. The molecule has 2 heterocycles. The first-order valence-electron chi connectivity index (χ1n) is 5.68. The summed E-state index contributed by atoms with van der Waals surface area (Å²) in [7, 11) is 0. The Morgan fingerprint density at radius 1 is 1.65 bits per heavy atom. The van der Waals surface area contributed by atoms with Crippen LogP contribution in [0.15, 0.2) is 12.3 Å². The second-order valence-corrected chi connectivity index (χ2v) is 4.33. The van der Waals surface area contributed by atoms with E-state index < -0.39 is 4.92 Å². The first-order valence-corrected chi connectivity index (χ1v) is 5.68. The zero-order chi connectivity index (χ0) is 12.4. The Kier molecular flexibility index (Phi) is 3.23. The van der Waals surface area contributed by atoms with Crippen molar-refractivity contribution < 1.29 is 4.92 Å². The van der Waals surface area contributed by atoms with E-state index in [0.29, 0.717) is 11.6 Å².